The Morgan fingerprint density at radius 2 is 1.56 bits per heavy atom. The minimum absolute atomic E-state index is 0.0760. The van der Waals surface area contributed by atoms with Crippen LogP contribution in [0.4, 0.5) is 0 Å². The summed E-state index contributed by atoms with van der Waals surface area (Å²) in [6, 6.07) is 22.7. The molecular formula is C29H30N3O4-. The van der Waals surface area contributed by atoms with Crippen molar-refractivity contribution in [3.63, 3.8) is 0 Å². The highest BCUT2D eigenvalue weighted by molar-refractivity contribution is 5.85. The second kappa shape index (κ2) is 11.6. The molecule has 0 spiro atoms. The molecule has 186 valence electrons. The van der Waals surface area contributed by atoms with E-state index < -0.39 is 18.0 Å². The molecule has 1 aliphatic rings. The summed E-state index contributed by atoms with van der Waals surface area (Å²) in [5.41, 5.74) is 12.0. The summed E-state index contributed by atoms with van der Waals surface area (Å²) in [4.78, 5) is 28.4. The average molecular weight is 485 g/mol. The van der Waals surface area contributed by atoms with Gasteiger partial charge in [0.2, 0.25) is 5.91 Å². The van der Waals surface area contributed by atoms with Crippen LogP contribution in [0.1, 0.15) is 47.9 Å². The van der Waals surface area contributed by atoms with Crippen molar-refractivity contribution in [1.29, 1.82) is 0 Å². The third-order valence-electron chi connectivity index (χ3n) is 6.40. The van der Waals surface area contributed by atoms with Gasteiger partial charge in [0.1, 0.15) is 17.9 Å². The van der Waals surface area contributed by atoms with Crippen molar-refractivity contribution in [2.45, 2.75) is 44.8 Å². The van der Waals surface area contributed by atoms with Gasteiger partial charge >= 0.3 is 0 Å². The van der Waals surface area contributed by atoms with E-state index in [0.29, 0.717) is 6.54 Å². The number of benzene rings is 3. The molecule has 0 radical (unpaired) electrons. The zero-order valence-electron chi connectivity index (χ0n) is 20.3. The first kappa shape index (κ1) is 25.1. The van der Waals surface area contributed by atoms with Gasteiger partial charge in [0.15, 0.2) is 0 Å². The number of nitrogens with two attached hydrogens (primary N) is 1. The number of amides is 1. The molecule has 3 aromatic carbocycles. The quantitative estimate of drug-likeness (QED) is 0.339. The number of nitrogens with zero attached hydrogens (tertiary/aromatic N) is 1. The Kier molecular flexibility index (Phi) is 8.13. The molecule has 0 bridgehead atoms. The highest BCUT2D eigenvalue weighted by Crippen LogP contribution is 2.44. The van der Waals surface area contributed by atoms with Crippen LogP contribution in [0.5, 0.6) is 0 Å². The summed E-state index contributed by atoms with van der Waals surface area (Å²) in [5, 5.41) is 15.5. The average Bonchev–Trinajstić information content (AvgIpc) is 3.22. The zero-order chi connectivity index (χ0) is 25.5. The lowest BCUT2D eigenvalue weighted by molar-refractivity contribution is -0.251. The van der Waals surface area contributed by atoms with Gasteiger partial charge in [0.25, 0.3) is 0 Å². The van der Waals surface area contributed by atoms with Crippen molar-refractivity contribution >= 4 is 17.8 Å². The van der Waals surface area contributed by atoms with Crippen LogP contribution in [0.2, 0.25) is 0 Å². The number of carbonyl (C=O) groups is 2. The maximum Gasteiger partial charge on any atom is 0.245 e. The van der Waals surface area contributed by atoms with Crippen LogP contribution in [0.25, 0.3) is 11.1 Å². The molecule has 0 heterocycles. The number of Topliss-reactive ketones (excluding diaryl/α,β-unsaturated/α-hetero) is 1. The van der Waals surface area contributed by atoms with E-state index in [0.717, 1.165) is 33.4 Å². The molecule has 0 unspecified atom stereocenters. The fraction of sp³-hybridized carbons (Fsp3) is 0.276. The molecule has 0 aromatic heterocycles. The van der Waals surface area contributed by atoms with Gasteiger partial charge in [0.05, 0.1) is 0 Å². The third kappa shape index (κ3) is 5.98. The van der Waals surface area contributed by atoms with Crippen LogP contribution >= 0.6 is 0 Å². The molecule has 0 saturated heterocycles. The number of carbonyl (C=O) groups excluding carboxylic acids is 2. The topological polar surface area (TPSA) is 117 Å². The Bertz CT molecular complexity index is 1210. The van der Waals surface area contributed by atoms with Gasteiger partial charge in [-0.1, -0.05) is 72.8 Å². The van der Waals surface area contributed by atoms with E-state index in [1.165, 1.54) is 6.92 Å². The van der Waals surface area contributed by atoms with Gasteiger partial charge in [0, 0.05) is 32.0 Å². The van der Waals surface area contributed by atoms with Crippen molar-refractivity contribution in [3.8, 4) is 11.1 Å². The molecular weight excluding hydrogens is 454 g/mol. The van der Waals surface area contributed by atoms with E-state index >= 15 is 0 Å². The summed E-state index contributed by atoms with van der Waals surface area (Å²) in [5.74, 6) is -0.599. The van der Waals surface area contributed by atoms with E-state index in [9.17, 15) is 14.7 Å². The number of aliphatic imine (C=N–C) groups is 1. The molecule has 7 nitrogen and oxygen atoms in total. The maximum absolute atomic E-state index is 12.8. The molecule has 4 rings (SSSR count). The standard InChI is InChI=1S/C29H31N3O4/c1-19(33)10-15-27(28(34)31-17-21-13-11-20(16-30)12-14-21)32-29(35)36-18-26-24-8-4-2-6-22(24)23-7-3-5-9-25(23)26/h2-9,11-14,26-27H,10,15-18,30H2,1H3,(H,31,34)(H,32,35)/p-1/t27-/m1/s1. The monoisotopic (exact) mass is 484 g/mol. The van der Waals surface area contributed by atoms with Crippen LogP contribution in [0.3, 0.4) is 0 Å². The normalized spacial score (nSPS) is 13.6. The number of hydrogen-bond acceptors (Lipinski definition) is 6. The smallest absolute Gasteiger partial charge is 0.245 e. The van der Waals surface area contributed by atoms with Crippen LogP contribution in [0, 0.1) is 0 Å². The van der Waals surface area contributed by atoms with Crippen molar-refractivity contribution in [2.24, 2.45) is 10.7 Å². The molecule has 7 heteroatoms. The van der Waals surface area contributed by atoms with Crippen LogP contribution in [-0.2, 0) is 27.4 Å². The van der Waals surface area contributed by atoms with Crippen LogP contribution < -0.4 is 16.2 Å². The number of ether oxygens (including phenoxy) is 1. The lowest BCUT2D eigenvalue weighted by Gasteiger charge is -2.22. The lowest BCUT2D eigenvalue weighted by atomic mass is 9.98. The summed E-state index contributed by atoms with van der Waals surface area (Å²) in [6.45, 7) is 2.28. The van der Waals surface area contributed by atoms with Crippen LogP contribution in [-0.4, -0.2) is 30.4 Å². The van der Waals surface area contributed by atoms with Crippen molar-refractivity contribution in [2.75, 3.05) is 6.61 Å². The van der Waals surface area contributed by atoms with Crippen molar-refractivity contribution in [3.05, 3.63) is 95.1 Å². The second-order valence-electron chi connectivity index (χ2n) is 8.93. The number of fused-ring (bicyclic) bond motifs is 3. The van der Waals surface area contributed by atoms with E-state index in [1.807, 2.05) is 60.7 Å². The SMILES string of the molecule is CC(=O)CC[C@@H](N=C([O-])OCC1c2ccccc2-c2ccccc21)C(=O)NCc1ccc(CN)cc1. The van der Waals surface area contributed by atoms with E-state index in [4.69, 9.17) is 10.5 Å². The summed E-state index contributed by atoms with van der Waals surface area (Å²) < 4.78 is 5.53. The Balaban J connectivity index is 1.43. The first-order valence-corrected chi connectivity index (χ1v) is 12.1. The molecule has 3 N–H and O–H groups in total. The summed E-state index contributed by atoms with van der Waals surface area (Å²) in [7, 11) is 0. The van der Waals surface area contributed by atoms with Gasteiger partial charge in [-0.25, -0.2) is 0 Å². The molecule has 0 aliphatic heterocycles. The maximum atomic E-state index is 12.8. The fourth-order valence-electron chi connectivity index (χ4n) is 4.45. The minimum atomic E-state index is -1.01. The summed E-state index contributed by atoms with van der Waals surface area (Å²) >= 11 is 0. The van der Waals surface area contributed by atoms with E-state index in [1.54, 1.807) is 0 Å². The molecule has 3 aromatic rings. The first-order chi connectivity index (χ1) is 17.5. The summed E-state index contributed by atoms with van der Waals surface area (Å²) in [6.07, 6.45) is -0.533. The number of nitrogens with one attached hydrogen (secondary N) is 1. The second-order valence-corrected chi connectivity index (χ2v) is 8.93. The molecule has 1 amide bonds. The van der Waals surface area contributed by atoms with Crippen molar-refractivity contribution < 1.29 is 19.4 Å². The highest BCUT2D eigenvalue weighted by atomic mass is 16.6. The molecule has 1 aliphatic carbocycles. The molecule has 0 fully saturated rings. The van der Waals surface area contributed by atoms with E-state index in [2.05, 4.69) is 22.4 Å². The Hall–Kier alpha value is -3.97. The number of rotatable bonds is 10. The van der Waals surface area contributed by atoms with Gasteiger partial charge < -0.3 is 25.7 Å². The predicted molar refractivity (Wildman–Crippen MR) is 137 cm³/mol. The van der Waals surface area contributed by atoms with Crippen LogP contribution in [0.15, 0.2) is 77.8 Å². The number of hydrogen-bond donors (Lipinski definition) is 2. The lowest BCUT2D eigenvalue weighted by Crippen LogP contribution is -2.36. The molecule has 1 atom stereocenters. The van der Waals surface area contributed by atoms with Gasteiger partial charge in [-0.3, -0.25) is 9.79 Å². The highest BCUT2D eigenvalue weighted by Gasteiger charge is 2.27. The zero-order valence-corrected chi connectivity index (χ0v) is 20.3. The fourth-order valence-corrected chi connectivity index (χ4v) is 4.45. The van der Waals surface area contributed by atoms with Gasteiger partial charge in [-0.2, -0.15) is 0 Å². The van der Waals surface area contributed by atoms with Gasteiger partial charge in [-0.05, 0) is 46.7 Å². The van der Waals surface area contributed by atoms with E-state index in [-0.39, 0.29) is 37.7 Å². The Labute approximate surface area is 211 Å². The Morgan fingerprint density at radius 1 is 0.972 bits per heavy atom. The first-order valence-electron chi connectivity index (χ1n) is 12.1. The third-order valence-corrected chi connectivity index (χ3v) is 6.40. The number of ketones is 1. The molecule has 36 heavy (non-hydrogen) atoms. The minimum Gasteiger partial charge on any atom is -0.599 e. The molecule has 0 saturated carbocycles. The Morgan fingerprint density at radius 3 is 2.14 bits per heavy atom. The van der Waals surface area contributed by atoms with Gasteiger partial charge in [-0.15, -0.1) is 0 Å². The predicted octanol–water partition coefficient (Wildman–Crippen LogP) is 3.04. The largest absolute Gasteiger partial charge is 0.599 e. The van der Waals surface area contributed by atoms with Crippen molar-refractivity contribution in [1.82, 2.24) is 5.32 Å².